The van der Waals surface area contributed by atoms with E-state index in [2.05, 4.69) is 50.0 Å². The van der Waals surface area contributed by atoms with Gasteiger partial charge in [-0.2, -0.15) is 0 Å². The number of nitrogens with zero attached hydrogens (tertiary/aromatic N) is 2. The Hall–Kier alpha value is -0.380. The highest BCUT2D eigenvalue weighted by molar-refractivity contribution is 9.10. The molecule has 0 aliphatic carbocycles. The molecule has 1 unspecified atom stereocenters. The fourth-order valence-corrected chi connectivity index (χ4v) is 3.87. The van der Waals surface area contributed by atoms with E-state index >= 15 is 0 Å². The lowest BCUT2D eigenvalue weighted by Gasteiger charge is -2.35. The molecule has 2 fully saturated rings. The second kappa shape index (κ2) is 6.38. The van der Waals surface area contributed by atoms with Gasteiger partial charge in [-0.25, -0.2) is 0 Å². The van der Waals surface area contributed by atoms with Crippen LogP contribution in [0.4, 0.5) is 0 Å². The van der Waals surface area contributed by atoms with Gasteiger partial charge >= 0.3 is 0 Å². The fraction of sp³-hybridized carbons (Fsp3) is 0.625. The summed E-state index contributed by atoms with van der Waals surface area (Å²) in [6.45, 7) is 6.21. The van der Waals surface area contributed by atoms with E-state index in [0.29, 0.717) is 0 Å². The molecule has 2 saturated heterocycles. The van der Waals surface area contributed by atoms with Crippen LogP contribution in [0.25, 0.3) is 0 Å². The zero-order valence-corrected chi connectivity index (χ0v) is 13.1. The number of benzene rings is 1. The van der Waals surface area contributed by atoms with Crippen molar-refractivity contribution in [2.24, 2.45) is 0 Å². The molecular formula is C16H23BrN2. The van der Waals surface area contributed by atoms with Gasteiger partial charge in [0.15, 0.2) is 0 Å². The minimum atomic E-state index is 0.804. The lowest BCUT2D eigenvalue weighted by atomic mass is 10.0. The molecule has 0 N–H and O–H groups in total. The average Bonchev–Trinajstić information content (AvgIpc) is 2.63. The number of piperidine rings is 1. The van der Waals surface area contributed by atoms with Crippen molar-refractivity contribution < 1.29 is 0 Å². The molecular weight excluding hydrogens is 300 g/mol. The first kappa shape index (κ1) is 13.6. The third kappa shape index (κ3) is 3.39. The molecule has 0 bridgehead atoms. The van der Waals surface area contributed by atoms with Gasteiger partial charge in [0.1, 0.15) is 0 Å². The van der Waals surface area contributed by atoms with E-state index < -0.39 is 0 Å². The maximum absolute atomic E-state index is 3.67. The molecule has 1 aromatic carbocycles. The number of rotatable bonds is 2. The van der Waals surface area contributed by atoms with Gasteiger partial charge in [-0.3, -0.25) is 9.80 Å². The second-order valence-electron chi connectivity index (χ2n) is 5.87. The van der Waals surface area contributed by atoms with E-state index in [1.165, 1.54) is 61.9 Å². The highest BCUT2D eigenvalue weighted by atomic mass is 79.9. The molecule has 104 valence electrons. The summed E-state index contributed by atoms with van der Waals surface area (Å²) in [6, 6.07) is 9.44. The number of fused-ring (bicyclic) bond motifs is 1. The van der Waals surface area contributed by atoms with Crippen molar-refractivity contribution in [3.8, 4) is 0 Å². The van der Waals surface area contributed by atoms with Gasteiger partial charge in [0.2, 0.25) is 0 Å². The van der Waals surface area contributed by atoms with Crippen LogP contribution in [0, 0.1) is 0 Å². The van der Waals surface area contributed by atoms with E-state index in [9.17, 15) is 0 Å². The Balaban J connectivity index is 1.66. The molecule has 2 heterocycles. The Labute approximate surface area is 124 Å². The van der Waals surface area contributed by atoms with Crippen molar-refractivity contribution in [1.29, 1.82) is 0 Å². The van der Waals surface area contributed by atoms with Gasteiger partial charge in [-0.05, 0) is 50.5 Å². The Bertz CT molecular complexity index is 421. The monoisotopic (exact) mass is 322 g/mol. The summed E-state index contributed by atoms with van der Waals surface area (Å²) >= 11 is 3.67. The molecule has 0 radical (unpaired) electrons. The first-order valence-electron chi connectivity index (χ1n) is 7.53. The smallest absolute Gasteiger partial charge is 0.0245 e. The van der Waals surface area contributed by atoms with Gasteiger partial charge in [0.05, 0.1) is 0 Å². The van der Waals surface area contributed by atoms with Crippen LogP contribution in [0.5, 0.6) is 0 Å². The highest BCUT2D eigenvalue weighted by Crippen LogP contribution is 2.23. The van der Waals surface area contributed by atoms with Crippen molar-refractivity contribution >= 4 is 15.9 Å². The van der Waals surface area contributed by atoms with Crippen LogP contribution in [0.1, 0.15) is 31.2 Å². The van der Waals surface area contributed by atoms with Crippen LogP contribution in [0.2, 0.25) is 0 Å². The second-order valence-corrected chi connectivity index (χ2v) is 6.72. The first-order valence-corrected chi connectivity index (χ1v) is 8.32. The summed E-state index contributed by atoms with van der Waals surface area (Å²) in [4.78, 5) is 5.37. The van der Waals surface area contributed by atoms with E-state index in [1.807, 2.05) is 0 Å². The third-order valence-corrected chi connectivity index (χ3v) is 5.26. The number of halogens is 1. The predicted octanol–water partition coefficient (Wildman–Crippen LogP) is 3.51. The molecule has 0 spiro atoms. The fourth-order valence-electron chi connectivity index (χ4n) is 3.46. The molecule has 2 aliphatic rings. The maximum atomic E-state index is 3.67. The van der Waals surface area contributed by atoms with Crippen LogP contribution in [0.15, 0.2) is 28.7 Å². The topological polar surface area (TPSA) is 6.48 Å². The van der Waals surface area contributed by atoms with Gasteiger partial charge in [-0.1, -0.05) is 40.5 Å². The van der Waals surface area contributed by atoms with Crippen molar-refractivity contribution in [3.63, 3.8) is 0 Å². The summed E-state index contributed by atoms with van der Waals surface area (Å²) in [5.41, 5.74) is 1.42. The lowest BCUT2D eigenvalue weighted by Crippen LogP contribution is -2.43. The minimum absolute atomic E-state index is 0.804. The summed E-state index contributed by atoms with van der Waals surface area (Å²) in [6.07, 6.45) is 5.54. The standard InChI is InChI=1S/C16H23BrN2/c17-16-8-2-1-6-14(16)12-18-9-5-11-19-10-4-3-7-15(19)13-18/h1-2,6,8,15H,3-5,7,9-13H2. The Morgan fingerprint density at radius 2 is 1.89 bits per heavy atom. The zero-order chi connectivity index (χ0) is 13.1. The molecule has 3 rings (SSSR count). The molecule has 3 heteroatoms. The van der Waals surface area contributed by atoms with Gasteiger partial charge in [0.25, 0.3) is 0 Å². The molecule has 1 atom stereocenters. The van der Waals surface area contributed by atoms with E-state index in [4.69, 9.17) is 0 Å². The Kier molecular flexibility index (Phi) is 4.57. The summed E-state index contributed by atoms with van der Waals surface area (Å²) in [5.74, 6) is 0. The summed E-state index contributed by atoms with van der Waals surface area (Å²) < 4.78 is 1.25. The largest absolute Gasteiger partial charge is 0.299 e. The van der Waals surface area contributed by atoms with E-state index in [-0.39, 0.29) is 0 Å². The van der Waals surface area contributed by atoms with Gasteiger partial charge in [0, 0.05) is 23.6 Å². The highest BCUT2D eigenvalue weighted by Gasteiger charge is 2.26. The average molecular weight is 323 g/mol. The predicted molar refractivity (Wildman–Crippen MR) is 83.2 cm³/mol. The van der Waals surface area contributed by atoms with Crippen molar-refractivity contribution in [2.75, 3.05) is 26.2 Å². The number of hydrogen-bond donors (Lipinski definition) is 0. The summed E-state index contributed by atoms with van der Waals surface area (Å²) in [5, 5.41) is 0. The van der Waals surface area contributed by atoms with Crippen molar-refractivity contribution in [1.82, 2.24) is 9.80 Å². The van der Waals surface area contributed by atoms with Crippen LogP contribution in [0.3, 0.4) is 0 Å². The maximum Gasteiger partial charge on any atom is 0.0245 e. The molecule has 19 heavy (non-hydrogen) atoms. The third-order valence-electron chi connectivity index (χ3n) is 4.49. The van der Waals surface area contributed by atoms with Crippen LogP contribution >= 0.6 is 15.9 Å². The van der Waals surface area contributed by atoms with Crippen molar-refractivity contribution in [3.05, 3.63) is 34.3 Å². The molecule has 2 nitrogen and oxygen atoms in total. The zero-order valence-electron chi connectivity index (χ0n) is 11.5. The Morgan fingerprint density at radius 1 is 1.05 bits per heavy atom. The minimum Gasteiger partial charge on any atom is -0.299 e. The lowest BCUT2D eigenvalue weighted by molar-refractivity contribution is 0.135. The number of hydrogen-bond acceptors (Lipinski definition) is 2. The molecule has 2 aliphatic heterocycles. The van der Waals surface area contributed by atoms with Crippen LogP contribution in [-0.2, 0) is 6.54 Å². The quantitative estimate of drug-likeness (QED) is 0.822. The molecule has 0 saturated carbocycles. The van der Waals surface area contributed by atoms with E-state index in [0.717, 1.165) is 12.6 Å². The Morgan fingerprint density at radius 3 is 2.79 bits per heavy atom. The summed E-state index contributed by atoms with van der Waals surface area (Å²) in [7, 11) is 0. The normalized spacial score (nSPS) is 25.8. The van der Waals surface area contributed by atoms with Crippen LogP contribution in [-0.4, -0.2) is 42.0 Å². The molecule has 1 aromatic rings. The molecule has 0 amide bonds. The SMILES string of the molecule is Brc1ccccc1CN1CCCN2CCCCC2C1. The molecule has 0 aromatic heterocycles. The van der Waals surface area contributed by atoms with Crippen LogP contribution < -0.4 is 0 Å². The first-order chi connectivity index (χ1) is 9.33. The van der Waals surface area contributed by atoms with Crippen molar-refractivity contribution in [2.45, 2.75) is 38.3 Å². The van der Waals surface area contributed by atoms with E-state index in [1.54, 1.807) is 0 Å². The van der Waals surface area contributed by atoms with Gasteiger partial charge in [-0.15, -0.1) is 0 Å². The van der Waals surface area contributed by atoms with Gasteiger partial charge < -0.3 is 0 Å².